The zero-order valence-corrected chi connectivity index (χ0v) is 19.0. The zero-order chi connectivity index (χ0) is 22.5. The fourth-order valence-corrected chi connectivity index (χ4v) is 3.17. The molecule has 2 rings (SSSR count). The first-order chi connectivity index (χ1) is 14.0. The summed E-state index contributed by atoms with van der Waals surface area (Å²) in [4.78, 5) is 25.5. The van der Waals surface area contributed by atoms with Crippen molar-refractivity contribution in [3.63, 3.8) is 0 Å². The Hall–Kier alpha value is -2.70. The van der Waals surface area contributed by atoms with Crippen LogP contribution in [0.1, 0.15) is 60.1 Å². The standard InChI is InChI=1S/C23H35N3O4/c1-7-8-11-29-20-18-12-16(24)9-10-17(18)21(27)26(14-15(2)3)19(20)13-25-22(28)30-23(4,5)6/h9-10,12,15H,7-8,11,13-14,24H2,1-6H3,(H,25,28). The monoisotopic (exact) mass is 417 g/mol. The Bertz CT molecular complexity index is 942. The van der Waals surface area contributed by atoms with E-state index in [0.29, 0.717) is 41.1 Å². The summed E-state index contributed by atoms with van der Waals surface area (Å²) in [6, 6.07) is 5.22. The fraction of sp³-hybridized carbons (Fsp3) is 0.565. The molecule has 0 atom stereocenters. The number of anilines is 1. The van der Waals surface area contributed by atoms with Gasteiger partial charge in [0.05, 0.1) is 24.2 Å². The van der Waals surface area contributed by atoms with E-state index in [1.807, 2.05) is 13.8 Å². The van der Waals surface area contributed by atoms with Crippen molar-refractivity contribution in [2.75, 3.05) is 12.3 Å². The van der Waals surface area contributed by atoms with Crippen molar-refractivity contribution in [2.45, 2.75) is 73.1 Å². The lowest BCUT2D eigenvalue weighted by atomic mass is 10.1. The summed E-state index contributed by atoms with van der Waals surface area (Å²) < 4.78 is 13.2. The van der Waals surface area contributed by atoms with Gasteiger partial charge >= 0.3 is 6.09 Å². The first-order valence-corrected chi connectivity index (χ1v) is 10.6. The van der Waals surface area contributed by atoms with Crippen LogP contribution in [0.15, 0.2) is 23.0 Å². The number of nitrogen functional groups attached to an aromatic ring is 1. The zero-order valence-electron chi connectivity index (χ0n) is 19.0. The van der Waals surface area contributed by atoms with Gasteiger partial charge in [-0.3, -0.25) is 4.79 Å². The van der Waals surface area contributed by atoms with E-state index in [0.717, 1.165) is 12.8 Å². The second kappa shape index (κ2) is 9.87. The van der Waals surface area contributed by atoms with E-state index in [-0.39, 0.29) is 18.0 Å². The third kappa shape index (κ3) is 6.15. The van der Waals surface area contributed by atoms with Gasteiger partial charge < -0.3 is 25.1 Å². The van der Waals surface area contributed by atoms with Gasteiger partial charge in [0.25, 0.3) is 5.56 Å². The first-order valence-electron chi connectivity index (χ1n) is 10.6. The van der Waals surface area contributed by atoms with Crippen LogP contribution in [-0.4, -0.2) is 22.9 Å². The van der Waals surface area contributed by atoms with Gasteiger partial charge in [-0.05, 0) is 51.3 Å². The van der Waals surface area contributed by atoms with Crippen LogP contribution in [-0.2, 0) is 17.8 Å². The maximum absolute atomic E-state index is 13.3. The van der Waals surface area contributed by atoms with Crippen molar-refractivity contribution in [1.29, 1.82) is 0 Å². The number of pyridine rings is 1. The molecular weight excluding hydrogens is 382 g/mol. The number of ether oxygens (including phenoxy) is 2. The van der Waals surface area contributed by atoms with Crippen molar-refractivity contribution in [3.8, 4) is 5.75 Å². The van der Waals surface area contributed by atoms with E-state index in [9.17, 15) is 9.59 Å². The van der Waals surface area contributed by atoms with Crippen LogP contribution in [0.3, 0.4) is 0 Å². The summed E-state index contributed by atoms with van der Waals surface area (Å²) in [6.07, 6.45) is 1.32. The molecule has 0 fully saturated rings. The molecule has 1 aromatic carbocycles. The van der Waals surface area contributed by atoms with Crippen LogP contribution in [0.25, 0.3) is 10.8 Å². The molecule has 1 aromatic heterocycles. The van der Waals surface area contributed by atoms with Crippen LogP contribution in [0, 0.1) is 5.92 Å². The van der Waals surface area contributed by atoms with E-state index < -0.39 is 11.7 Å². The summed E-state index contributed by atoms with van der Waals surface area (Å²) in [5.41, 5.74) is 6.44. The number of hydrogen-bond donors (Lipinski definition) is 2. The van der Waals surface area contributed by atoms with E-state index in [1.165, 1.54) is 0 Å². The molecule has 0 aliphatic rings. The van der Waals surface area contributed by atoms with Gasteiger partial charge in [0.1, 0.15) is 11.4 Å². The van der Waals surface area contributed by atoms with Crippen LogP contribution >= 0.6 is 0 Å². The van der Waals surface area contributed by atoms with Crippen LogP contribution in [0.5, 0.6) is 5.75 Å². The second-order valence-corrected chi connectivity index (χ2v) is 8.95. The lowest BCUT2D eigenvalue weighted by Crippen LogP contribution is -2.35. The summed E-state index contributed by atoms with van der Waals surface area (Å²) in [6.45, 7) is 12.7. The number of hydrogen-bond acceptors (Lipinski definition) is 5. The number of nitrogens with one attached hydrogen (secondary N) is 1. The Balaban J connectivity index is 2.59. The third-order valence-corrected chi connectivity index (χ3v) is 4.44. The number of nitrogens with two attached hydrogens (primary N) is 1. The molecule has 0 unspecified atom stereocenters. The Kier molecular flexibility index (Phi) is 7.76. The number of rotatable bonds is 8. The van der Waals surface area contributed by atoms with Crippen molar-refractivity contribution >= 4 is 22.6 Å². The SMILES string of the molecule is CCCCOc1c(CNC(=O)OC(C)(C)C)n(CC(C)C)c(=O)c2ccc(N)cc12. The molecule has 0 aliphatic carbocycles. The quantitative estimate of drug-likeness (QED) is 0.489. The molecular formula is C23H35N3O4. The number of nitrogens with zero attached hydrogens (tertiary/aromatic N) is 1. The third-order valence-electron chi connectivity index (χ3n) is 4.44. The highest BCUT2D eigenvalue weighted by Gasteiger charge is 2.21. The number of carbonyl (C=O) groups excluding carboxylic acids is 1. The molecule has 2 aromatic rings. The maximum Gasteiger partial charge on any atom is 0.407 e. The number of unbranched alkanes of at least 4 members (excludes halogenated alkanes) is 1. The first kappa shape index (κ1) is 23.6. The number of amides is 1. The average molecular weight is 418 g/mol. The van der Waals surface area contributed by atoms with Gasteiger partial charge in [0.2, 0.25) is 0 Å². The van der Waals surface area contributed by atoms with Crippen LogP contribution < -0.4 is 21.3 Å². The maximum atomic E-state index is 13.3. The average Bonchev–Trinajstić information content (AvgIpc) is 2.62. The summed E-state index contributed by atoms with van der Waals surface area (Å²) >= 11 is 0. The lowest BCUT2D eigenvalue weighted by molar-refractivity contribution is 0.0521. The molecule has 0 radical (unpaired) electrons. The number of fused-ring (bicyclic) bond motifs is 1. The van der Waals surface area contributed by atoms with E-state index in [4.69, 9.17) is 15.2 Å². The van der Waals surface area contributed by atoms with Gasteiger partial charge in [-0.2, -0.15) is 0 Å². The van der Waals surface area contributed by atoms with Crippen molar-refractivity contribution < 1.29 is 14.3 Å². The minimum atomic E-state index is -0.611. The minimum absolute atomic E-state index is 0.114. The number of alkyl carbamates (subject to hydrolysis) is 1. The molecule has 1 heterocycles. The smallest absolute Gasteiger partial charge is 0.407 e. The van der Waals surface area contributed by atoms with Gasteiger partial charge in [0, 0.05) is 17.6 Å². The van der Waals surface area contributed by atoms with Crippen LogP contribution in [0.4, 0.5) is 10.5 Å². The van der Waals surface area contributed by atoms with Crippen molar-refractivity contribution in [2.24, 2.45) is 5.92 Å². The van der Waals surface area contributed by atoms with Crippen LogP contribution in [0.2, 0.25) is 0 Å². The van der Waals surface area contributed by atoms with E-state index in [1.54, 1.807) is 43.5 Å². The molecule has 0 aliphatic heterocycles. The van der Waals surface area contributed by atoms with E-state index >= 15 is 0 Å². The molecule has 0 saturated heterocycles. The molecule has 3 N–H and O–H groups in total. The Morgan fingerprint density at radius 1 is 1.23 bits per heavy atom. The highest BCUT2D eigenvalue weighted by molar-refractivity contribution is 5.91. The molecule has 0 spiro atoms. The Morgan fingerprint density at radius 2 is 1.93 bits per heavy atom. The predicted molar refractivity (Wildman–Crippen MR) is 121 cm³/mol. The topological polar surface area (TPSA) is 95.6 Å². The summed E-state index contributed by atoms with van der Waals surface area (Å²) in [5.74, 6) is 0.819. The summed E-state index contributed by atoms with van der Waals surface area (Å²) in [7, 11) is 0. The molecule has 7 nitrogen and oxygen atoms in total. The molecule has 0 saturated carbocycles. The number of carbonyl (C=O) groups is 1. The van der Waals surface area contributed by atoms with E-state index in [2.05, 4.69) is 12.2 Å². The lowest BCUT2D eigenvalue weighted by Gasteiger charge is -2.23. The predicted octanol–water partition coefficient (Wildman–Crippen LogP) is 4.44. The van der Waals surface area contributed by atoms with Crippen molar-refractivity contribution in [1.82, 2.24) is 9.88 Å². The largest absolute Gasteiger partial charge is 0.491 e. The molecule has 7 heteroatoms. The number of benzene rings is 1. The molecule has 1 amide bonds. The molecule has 166 valence electrons. The molecule has 30 heavy (non-hydrogen) atoms. The van der Waals surface area contributed by atoms with Gasteiger partial charge in [-0.1, -0.05) is 27.2 Å². The summed E-state index contributed by atoms with van der Waals surface area (Å²) in [5, 5.41) is 3.99. The fourth-order valence-electron chi connectivity index (χ4n) is 3.17. The van der Waals surface area contributed by atoms with Gasteiger partial charge in [-0.15, -0.1) is 0 Å². The Labute approximate surface area is 178 Å². The van der Waals surface area contributed by atoms with Gasteiger partial charge in [0.15, 0.2) is 0 Å². The minimum Gasteiger partial charge on any atom is -0.491 e. The molecule has 0 bridgehead atoms. The second-order valence-electron chi connectivity index (χ2n) is 8.95. The van der Waals surface area contributed by atoms with Gasteiger partial charge in [-0.25, -0.2) is 4.79 Å². The van der Waals surface area contributed by atoms with Crippen molar-refractivity contribution in [3.05, 3.63) is 34.2 Å². The highest BCUT2D eigenvalue weighted by Crippen LogP contribution is 2.30. The normalized spacial score (nSPS) is 11.7. The number of aromatic nitrogens is 1. The highest BCUT2D eigenvalue weighted by atomic mass is 16.6. The Morgan fingerprint density at radius 3 is 2.53 bits per heavy atom.